The van der Waals surface area contributed by atoms with Crippen molar-refractivity contribution in [2.45, 2.75) is 82.2 Å². The SMILES string of the molecule is ON(C(=NC12CC3CC(CC(C3)C1)C2)N1CCOCC1)C1CCCCC1. The van der Waals surface area contributed by atoms with Gasteiger partial charge in [-0.1, -0.05) is 19.3 Å². The molecule has 6 rings (SSSR count). The van der Waals surface area contributed by atoms with Crippen LogP contribution in [-0.4, -0.2) is 59.0 Å². The lowest BCUT2D eigenvalue weighted by Gasteiger charge is -2.55. The van der Waals surface area contributed by atoms with Crippen LogP contribution in [0.2, 0.25) is 0 Å². The Bertz CT molecular complexity index is 502. The predicted octanol–water partition coefficient (Wildman–Crippen LogP) is 3.67. The van der Waals surface area contributed by atoms with Crippen LogP contribution in [0.5, 0.6) is 0 Å². The average molecular weight is 362 g/mol. The molecule has 5 saturated carbocycles. The van der Waals surface area contributed by atoms with Crippen LogP contribution in [0.4, 0.5) is 0 Å². The van der Waals surface area contributed by atoms with Crippen LogP contribution in [-0.2, 0) is 4.74 Å². The number of hydroxylamine groups is 2. The Balaban J connectivity index is 1.43. The Morgan fingerprint density at radius 3 is 2.08 bits per heavy atom. The van der Waals surface area contributed by atoms with E-state index in [1.54, 1.807) is 5.06 Å². The highest BCUT2D eigenvalue weighted by Gasteiger charge is 2.51. The lowest BCUT2D eigenvalue weighted by atomic mass is 9.53. The van der Waals surface area contributed by atoms with Gasteiger partial charge >= 0.3 is 0 Å². The van der Waals surface area contributed by atoms with Gasteiger partial charge in [-0.15, -0.1) is 0 Å². The highest BCUT2D eigenvalue weighted by atomic mass is 16.5. The van der Waals surface area contributed by atoms with Crippen LogP contribution in [0.1, 0.15) is 70.6 Å². The molecule has 0 aromatic rings. The number of guanidine groups is 1. The van der Waals surface area contributed by atoms with Crippen molar-refractivity contribution < 1.29 is 9.94 Å². The van der Waals surface area contributed by atoms with Crippen molar-refractivity contribution in [2.24, 2.45) is 22.7 Å². The zero-order valence-electron chi connectivity index (χ0n) is 16.1. The first-order chi connectivity index (χ1) is 12.7. The fraction of sp³-hybridized carbons (Fsp3) is 0.952. The first kappa shape index (κ1) is 17.3. The molecule has 1 N–H and O–H groups in total. The van der Waals surface area contributed by atoms with Crippen LogP contribution in [0.15, 0.2) is 4.99 Å². The molecule has 0 unspecified atom stereocenters. The standard InChI is InChI=1S/C21H35N3O2/c25-24(19-4-2-1-3-5-19)20(23-6-8-26-9-7-23)22-21-13-16-10-17(14-21)12-18(11-16)15-21/h16-19,25H,1-15H2. The molecule has 0 aromatic heterocycles. The van der Waals surface area contributed by atoms with Crippen molar-refractivity contribution in [3.8, 4) is 0 Å². The zero-order valence-corrected chi connectivity index (χ0v) is 16.1. The Kier molecular flexibility index (Phi) is 4.64. The van der Waals surface area contributed by atoms with E-state index in [4.69, 9.17) is 9.73 Å². The summed E-state index contributed by atoms with van der Waals surface area (Å²) in [7, 11) is 0. The fourth-order valence-corrected chi connectivity index (χ4v) is 6.93. The van der Waals surface area contributed by atoms with Gasteiger partial charge in [0.2, 0.25) is 5.96 Å². The summed E-state index contributed by atoms with van der Waals surface area (Å²) >= 11 is 0. The van der Waals surface area contributed by atoms with Crippen molar-refractivity contribution in [1.29, 1.82) is 0 Å². The normalized spacial score (nSPS) is 40.9. The molecule has 0 spiro atoms. The molecule has 26 heavy (non-hydrogen) atoms. The number of ether oxygens (including phenoxy) is 1. The Morgan fingerprint density at radius 2 is 1.50 bits per heavy atom. The molecule has 1 saturated heterocycles. The van der Waals surface area contributed by atoms with E-state index >= 15 is 0 Å². The molecule has 6 fully saturated rings. The fourth-order valence-electron chi connectivity index (χ4n) is 6.93. The molecule has 1 heterocycles. The second-order valence-electron chi connectivity index (χ2n) is 9.79. The Labute approximate surface area is 157 Å². The quantitative estimate of drug-likeness (QED) is 0.463. The number of hydrogen-bond donors (Lipinski definition) is 1. The molecule has 1 aliphatic heterocycles. The highest BCUT2D eigenvalue weighted by molar-refractivity contribution is 5.80. The van der Waals surface area contributed by atoms with E-state index in [2.05, 4.69) is 4.90 Å². The predicted molar refractivity (Wildman–Crippen MR) is 101 cm³/mol. The largest absolute Gasteiger partial charge is 0.378 e. The number of nitrogens with zero attached hydrogens (tertiary/aromatic N) is 3. The van der Waals surface area contributed by atoms with Gasteiger partial charge in [-0.25, -0.2) is 10.1 Å². The minimum atomic E-state index is 0.109. The molecular weight excluding hydrogens is 326 g/mol. The van der Waals surface area contributed by atoms with E-state index in [-0.39, 0.29) is 11.6 Å². The van der Waals surface area contributed by atoms with Gasteiger partial charge in [-0.3, -0.25) is 5.21 Å². The first-order valence-corrected chi connectivity index (χ1v) is 11.1. The molecule has 0 aromatic carbocycles. The maximum absolute atomic E-state index is 11.2. The smallest absolute Gasteiger partial charge is 0.221 e. The van der Waals surface area contributed by atoms with E-state index in [1.165, 1.54) is 57.8 Å². The van der Waals surface area contributed by atoms with Crippen molar-refractivity contribution in [2.75, 3.05) is 26.3 Å². The van der Waals surface area contributed by atoms with Crippen molar-refractivity contribution in [3.05, 3.63) is 0 Å². The van der Waals surface area contributed by atoms with Crippen molar-refractivity contribution in [1.82, 2.24) is 9.96 Å². The maximum Gasteiger partial charge on any atom is 0.221 e. The third-order valence-electron chi connectivity index (χ3n) is 7.76. The van der Waals surface area contributed by atoms with Crippen LogP contribution in [0.3, 0.4) is 0 Å². The minimum absolute atomic E-state index is 0.109. The van der Waals surface area contributed by atoms with E-state index in [1.807, 2.05) is 0 Å². The highest BCUT2D eigenvalue weighted by Crippen LogP contribution is 2.57. The first-order valence-electron chi connectivity index (χ1n) is 11.1. The topological polar surface area (TPSA) is 48.3 Å². The second kappa shape index (κ2) is 6.97. The molecule has 5 nitrogen and oxygen atoms in total. The van der Waals surface area contributed by atoms with Crippen LogP contribution >= 0.6 is 0 Å². The van der Waals surface area contributed by atoms with E-state index in [0.29, 0.717) is 0 Å². The number of morpholine rings is 1. The van der Waals surface area contributed by atoms with Crippen molar-refractivity contribution in [3.63, 3.8) is 0 Å². The Morgan fingerprint density at radius 1 is 0.923 bits per heavy atom. The third kappa shape index (κ3) is 3.26. The minimum Gasteiger partial charge on any atom is -0.378 e. The number of rotatable bonds is 2. The number of hydrogen-bond acceptors (Lipinski definition) is 3. The monoisotopic (exact) mass is 361 g/mol. The maximum atomic E-state index is 11.2. The summed E-state index contributed by atoms with van der Waals surface area (Å²) in [6.07, 6.45) is 14.0. The van der Waals surface area contributed by atoms with Gasteiger partial charge in [0.05, 0.1) is 24.8 Å². The zero-order chi connectivity index (χ0) is 17.6. The van der Waals surface area contributed by atoms with E-state index in [9.17, 15) is 5.21 Å². The van der Waals surface area contributed by atoms with Gasteiger partial charge in [0.1, 0.15) is 0 Å². The Hall–Kier alpha value is -0.810. The molecule has 0 radical (unpaired) electrons. The molecule has 146 valence electrons. The van der Waals surface area contributed by atoms with Crippen LogP contribution in [0, 0.1) is 17.8 Å². The summed E-state index contributed by atoms with van der Waals surface area (Å²) < 4.78 is 5.57. The summed E-state index contributed by atoms with van der Waals surface area (Å²) in [5.74, 6) is 3.54. The summed E-state index contributed by atoms with van der Waals surface area (Å²) in [6, 6.07) is 0.249. The molecule has 6 aliphatic rings. The van der Waals surface area contributed by atoms with Gasteiger partial charge < -0.3 is 9.64 Å². The number of aliphatic imine (C=N–C) groups is 1. The summed E-state index contributed by atoms with van der Waals surface area (Å²) in [5.41, 5.74) is 0.109. The third-order valence-corrected chi connectivity index (χ3v) is 7.76. The summed E-state index contributed by atoms with van der Waals surface area (Å²) in [4.78, 5) is 7.73. The van der Waals surface area contributed by atoms with Gasteiger partial charge in [0, 0.05) is 13.1 Å². The lowest BCUT2D eigenvalue weighted by molar-refractivity contribution is -0.0835. The van der Waals surface area contributed by atoms with E-state index in [0.717, 1.165) is 62.9 Å². The van der Waals surface area contributed by atoms with Crippen molar-refractivity contribution >= 4 is 5.96 Å². The molecule has 5 aliphatic carbocycles. The average Bonchev–Trinajstić information content (AvgIpc) is 2.66. The van der Waals surface area contributed by atoms with Crippen LogP contribution in [0.25, 0.3) is 0 Å². The molecule has 5 heteroatoms. The van der Waals surface area contributed by atoms with Gasteiger partial charge in [-0.05, 0) is 69.1 Å². The second-order valence-corrected chi connectivity index (χ2v) is 9.79. The lowest BCUT2D eigenvalue weighted by Crippen LogP contribution is -2.55. The summed E-state index contributed by atoms with van der Waals surface area (Å²) in [5, 5.41) is 12.8. The molecule has 0 amide bonds. The van der Waals surface area contributed by atoms with Gasteiger partial charge in [0.15, 0.2) is 0 Å². The van der Waals surface area contributed by atoms with Gasteiger partial charge in [0.25, 0.3) is 0 Å². The van der Waals surface area contributed by atoms with Crippen LogP contribution < -0.4 is 0 Å². The summed E-state index contributed by atoms with van der Waals surface area (Å²) in [6.45, 7) is 3.21. The van der Waals surface area contributed by atoms with Gasteiger partial charge in [-0.2, -0.15) is 0 Å². The molecule has 0 atom stereocenters. The van der Waals surface area contributed by atoms with E-state index < -0.39 is 0 Å². The molecule has 4 bridgehead atoms. The molecular formula is C21H35N3O2.